The van der Waals surface area contributed by atoms with Crippen molar-refractivity contribution in [2.45, 2.75) is 46.2 Å². The van der Waals surface area contributed by atoms with Crippen LogP contribution in [0.5, 0.6) is 5.75 Å². The lowest BCUT2D eigenvalue weighted by Gasteiger charge is -2.30. The zero-order valence-electron chi connectivity index (χ0n) is 17.6. The summed E-state index contributed by atoms with van der Waals surface area (Å²) in [6.07, 6.45) is 1.32. The van der Waals surface area contributed by atoms with Gasteiger partial charge in [0.15, 0.2) is 6.61 Å². The summed E-state index contributed by atoms with van der Waals surface area (Å²) < 4.78 is 5.69. The fraction of sp³-hybridized carbons (Fsp3) is 0.391. The molecule has 0 spiro atoms. The summed E-state index contributed by atoms with van der Waals surface area (Å²) in [5.74, 6) is 0.125. The van der Waals surface area contributed by atoms with Crippen molar-refractivity contribution in [2.75, 3.05) is 13.2 Å². The van der Waals surface area contributed by atoms with Gasteiger partial charge in [0.2, 0.25) is 5.91 Å². The molecule has 2 aromatic rings. The van der Waals surface area contributed by atoms with Crippen molar-refractivity contribution in [3.05, 3.63) is 63.6 Å². The maximum absolute atomic E-state index is 13.1. The zero-order chi connectivity index (χ0) is 22.1. The minimum absolute atomic E-state index is 0.163. The monoisotopic (exact) mass is 450 g/mol. The molecular weight excluding hydrogens is 423 g/mol. The van der Waals surface area contributed by atoms with E-state index < -0.39 is 6.04 Å². The number of carbonyl (C=O) groups excluding carboxylic acids is 2. The average Bonchev–Trinajstić information content (AvgIpc) is 2.74. The molecule has 0 unspecified atom stereocenters. The van der Waals surface area contributed by atoms with Gasteiger partial charge in [-0.05, 0) is 61.2 Å². The first-order valence-corrected chi connectivity index (χ1v) is 10.8. The fourth-order valence-corrected chi connectivity index (χ4v) is 3.25. The maximum atomic E-state index is 13.1. The van der Waals surface area contributed by atoms with Crippen molar-refractivity contribution < 1.29 is 14.3 Å². The number of hydrogen-bond donors (Lipinski definition) is 1. The molecule has 7 heteroatoms. The first-order chi connectivity index (χ1) is 14.3. The van der Waals surface area contributed by atoms with Gasteiger partial charge in [0.1, 0.15) is 11.8 Å². The Kier molecular flexibility index (Phi) is 9.47. The van der Waals surface area contributed by atoms with Crippen LogP contribution >= 0.6 is 23.2 Å². The lowest BCUT2D eigenvalue weighted by molar-refractivity contribution is -0.143. The number of halogens is 2. The predicted octanol–water partition coefficient (Wildman–Crippen LogP) is 5.01. The van der Waals surface area contributed by atoms with E-state index in [1.165, 1.54) is 0 Å². The molecule has 0 radical (unpaired) electrons. The third-order valence-corrected chi connectivity index (χ3v) is 5.37. The van der Waals surface area contributed by atoms with Crippen molar-refractivity contribution in [1.29, 1.82) is 0 Å². The Balaban J connectivity index is 2.18. The highest BCUT2D eigenvalue weighted by atomic mass is 35.5. The normalized spacial score (nSPS) is 11.6. The third-order valence-electron chi connectivity index (χ3n) is 4.69. The Bertz CT molecular complexity index is 856. The second-order valence-corrected chi connectivity index (χ2v) is 7.91. The molecule has 0 saturated carbocycles. The summed E-state index contributed by atoms with van der Waals surface area (Å²) >= 11 is 12.0. The average molecular weight is 451 g/mol. The van der Waals surface area contributed by atoms with Gasteiger partial charge >= 0.3 is 0 Å². The summed E-state index contributed by atoms with van der Waals surface area (Å²) in [6.45, 7) is 6.43. The van der Waals surface area contributed by atoms with Gasteiger partial charge in [-0.15, -0.1) is 0 Å². The van der Waals surface area contributed by atoms with Crippen LogP contribution in [-0.4, -0.2) is 35.9 Å². The van der Waals surface area contributed by atoms with Crippen LogP contribution in [0.2, 0.25) is 10.0 Å². The molecule has 0 fully saturated rings. The molecule has 0 bridgehead atoms. The number of benzene rings is 2. The lowest BCUT2D eigenvalue weighted by atomic mass is 10.1. The number of carbonyl (C=O) groups is 2. The Morgan fingerprint density at radius 2 is 1.80 bits per heavy atom. The van der Waals surface area contributed by atoms with E-state index in [1.807, 2.05) is 32.9 Å². The highest BCUT2D eigenvalue weighted by Crippen LogP contribution is 2.21. The topological polar surface area (TPSA) is 58.6 Å². The van der Waals surface area contributed by atoms with E-state index in [1.54, 1.807) is 35.2 Å². The van der Waals surface area contributed by atoms with Gasteiger partial charge in [-0.2, -0.15) is 0 Å². The highest BCUT2D eigenvalue weighted by Gasteiger charge is 2.28. The molecule has 0 aliphatic heterocycles. The Hall–Kier alpha value is -2.24. The van der Waals surface area contributed by atoms with Crippen LogP contribution in [0.15, 0.2) is 42.5 Å². The van der Waals surface area contributed by atoms with Crippen LogP contribution in [0, 0.1) is 6.92 Å². The van der Waals surface area contributed by atoms with Gasteiger partial charge in [-0.1, -0.05) is 49.2 Å². The van der Waals surface area contributed by atoms with E-state index in [0.717, 1.165) is 17.5 Å². The standard InChI is InChI=1S/C23H28Cl2N2O3/c1-4-12-26-23(29)21(5-2)27(14-17-6-8-18(24)9-7-17)22(28)15-30-19-10-11-20(25)16(3)13-19/h6-11,13,21H,4-5,12,14-15H2,1-3H3,(H,26,29)/t21-/m1/s1. The Morgan fingerprint density at radius 3 is 2.40 bits per heavy atom. The maximum Gasteiger partial charge on any atom is 0.261 e. The van der Waals surface area contributed by atoms with Crippen LogP contribution < -0.4 is 10.1 Å². The first-order valence-electron chi connectivity index (χ1n) is 10.1. The molecule has 1 atom stereocenters. The van der Waals surface area contributed by atoms with Crippen LogP contribution in [0.4, 0.5) is 0 Å². The third kappa shape index (κ3) is 6.92. The quantitative estimate of drug-likeness (QED) is 0.552. The van der Waals surface area contributed by atoms with E-state index >= 15 is 0 Å². The van der Waals surface area contributed by atoms with Gasteiger partial charge in [0, 0.05) is 23.1 Å². The molecule has 0 saturated heterocycles. The number of ether oxygens (including phenoxy) is 1. The summed E-state index contributed by atoms with van der Waals surface area (Å²) in [6, 6.07) is 11.9. The molecule has 0 aliphatic rings. The Morgan fingerprint density at radius 1 is 1.10 bits per heavy atom. The number of hydrogen-bond acceptors (Lipinski definition) is 3. The van der Waals surface area contributed by atoms with Gasteiger partial charge in [-0.3, -0.25) is 9.59 Å². The Labute approximate surface area is 188 Å². The van der Waals surface area contributed by atoms with Crippen LogP contribution in [0.25, 0.3) is 0 Å². The summed E-state index contributed by atoms with van der Waals surface area (Å²) in [4.78, 5) is 27.4. The molecule has 0 heterocycles. The minimum Gasteiger partial charge on any atom is -0.484 e. The first kappa shape index (κ1) is 24.0. The smallest absolute Gasteiger partial charge is 0.261 e. The van der Waals surface area contributed by atoms with Gasteiger partial charge in [-0.25, -0.2) is 0 Å². The molecule has 0 aliphatic carbocycles. The van der Waals surface area contributed by atoms with Crippen LogP contribution in [-0.2, 0) is 16.1 Å². The van der Waals surface area contributed by atoms with E-state index in [-0.39, 0.29) is 25.0 Å². The molecule has 1 N–H and O–H groups in total. The number of aryl methyl sites for hydroxylation is 1. The van der Waals surface area contributed by atoms with E-state index in [4.69, 9.17) is 27.9 Å². The van der Waals surface area contributed by atoms with Gasteiger partial charge < -0.3 is 15.0 Å². The van der Waals surface area contributed by atoms with E-state index in [9.17, 15) is 9.59 Å². The number of nitrogens with zero attached hydrogens (tertiary/aromatic N) is 1. The summed E-state index contributed by atoms with van der Waals surface area (Å²) in [5.41, 5.74) is 1.75. The van der Waals surface area contributed by atoms with Crippen LogP contribution in [0.3, 0.4) is 0 Å². The fourth-order valence-electron chi connectivity index (χ4n) is 3.01. The molecule has 30 heavy (non-hydrogen) atoms. The molecule has 5 nitrogen and oxygen atoms in total. The van der Waals surface area contributed by atoms with Crippen molar-refractivity contribution in [3.8, 4) is 5.75 Å². The molecule has 2 amide bonds. The largest absolute Gasteiger partial charge is 0.484 e. The molecule has 162 valence electrons. The summed E-state index contributed by atoms with van der Waals surface area (Å²) in [7, 11) is 0. The van der Waals surface area contributed by atoms with E-state index in [0.29, 0.717) is 28.8 Å². The molecule has 2 rings (SSSR count). The minimum atomic E-state index is -0.588. The lowest BCUT2D eigenvalue weighted by Crippen LogP contribution is -2.50. The SMILES string of the molecule is CCCNC(=O)[C@@H](CC)N(Cc1ccc(Cl)cc1)C(=O)COc1ccc(Cl)c(C)c1. The van der Waals surface area contributed by atoms with Crippen molar-refractivity contribution in [2.24, 2.45) is 0 Å². The van der Waals surface area contributed by atoms with Crippen molar-refractivity contribution in [1.82, 2.24) is 10.2 Å². The number of nitrogens with one attached hydrogen (secondary N) is 1. The summed E-state index contributed by atoms with van der Waals surface area (Å²) in [5, 5.41) is 4.14. The molecule has 2 aromatic carbocycles. The van der Waals surface area contributed by atoms with E-state index in [2.05, 4.69) is 5.32 Å². The second kappa shape index (κ2) is 11.8. The van der Waals surface area contributed by atoms with Crippen molar-refractivity contribution in [3.63, 3.8) is 0 Å². The van der Waals surface area contributed by atoms with Crippen molar-refractivity contribution >= 4 is 35.0 Å². The van der Waals surface area contributed by atoms with Gasteiger partial charge in [0.05, 0.1) is 0 Å². The molecular formula is C23H28Cl2N2O3. The van der Waals surface area contributed by atoms with Crippen LogP contribution in [0.1, 0.15) is 37.8 Å². The second-order valence-electron chi connectivity index (χ2n) is 7.06. The number of rotatable bonds is 10. The number of amides is 2. The van der Waals surface area contributed by atoms with Gasteiger partial charge in [0.25, 0.3) is 5.91 Å². The highest BCUT2D eigenvalue weighted by molar-refractivity contribution is 6.31. The molecule has 0 aromatic heterocycles. The zero-order valence-corrected chi connectivity index (χ0v) is 19.1. The predicted molar refractivity (Wildman–Crippen MR) is 121 cm³/mol.